The van der Waals surface area contributed by atoms with E-state index in [-0.39, 0.29) is 0 Å². The fourth-order valence-electron chi connectivity index (χ4n) is 1.60. The maximum absolute atomic E-state index is 12.1. The molecule has 3 nitrogen and oxygen atoms in total. The standard InChI is InChI=1S/C12H18O3S2/c1-2-3-4-5-7-10(12(13)14)17(15)11-8-6-9-16-11/h6,8-10H,2-5,7H2,1H3,(H,13,14). The van der Waals surface area contributed by atoms with Gasteiger partial charge in [-0.15, -0.1) is 11.3 Å². The van der Waals surface area contributed by atoms with E-state index >= 15 is 0 Å². The van der Waals surface area contributed by atoms with Crippen LogP contribution in [0.25, 0.3) is 0 Å². The molecule has 1 N–H and O–H groups in total. The van der Waals surface area contributed by atoms with Gasteiger partial charge in [-0.3, -0.25) is 9.00 Å². The Kier molecular flexibility index (Phi) is 6.44. The van der Waals surface area contributed by atoms with E-state index in [1.54, 1.807) is 12.1 Å². The summed E-state index contributed by atoms with van der Waals surface area (Å²) in [4.78, 5) is 11.1. The monoisotopic (exact) mass is 274 g/mol. The third-order valence-corrected chi connectivity index (χ3v) is 5.48. The molecule has 1 rings (SSSR count). The van der Waals surface area contributed by atoms with Crippen molar-refractivity contribution in [3.8, 4) is 0 Å². The smallest absolute Gasteiger partial charge is 0.319 e. The van der Waals surface area contributed by atoms with Gasteiger partial charge in [0.2, 0.25) is 0 Å². The molecule has 0 bridgehead atoms. The SMILES string of the molecule is CCCCCCC(C(=O)O)S(=O)c1cccs1. The minimum Gasteiger partial charge on any atom is -0.480 e. The summed E-state index contributed by atoms with van der Waals surface area (Å²) in [6, 6.07) is 3.54. The van der Waals surface area contributed by atoms with Crippen molar-refractivity contribution < 1.29 is 14.1 Å². The summed E-state index contributed by atoms with van der Waals surface area (Å²) in [5.41, 5.74) is 0. The lowest BCUT2D eigenvalue weighted by Gasteiger charge is -2.10. The predicted octanol–water partition coefficient (Wildman–Crippen LogP) is 3.28. The molecule has 0 aliphatic rings. The normalized spacial score (nSPS) is 14.4. The van der Waals surface area contributed by atoms with E-state index in [2.05, 4.69) is 6.92 Å². The largest absolute Gasteiger partial charge is 0.480 e. The van der Waals surface area contributed by atoms with Gasteiger partial charge in [-0.1, -0.05) is 38.7 Å². The highest BCUT2D eigenvalue weighted by molar-refractivity contribution is 7.88. The van der Waals surface area contributed by atoms with Crippen LogP contribution in [0, 0.1) is 0 Å². The first-order chi connectivity index (χ1) is 8.16. The zero-order chi connectivity index (χ0) is 12.7. The fourth-order valence-corrected chi connectivity index (χ4v) is 4.00. The van der Waals surface area contributed by atoms with Crippen LogP contribution in [0.2, 0.25) is 0 Å². The van der Waals surface area contributed by atoms with Crippen molar-refractivity contribution in [3.05, 3.63) is 17.5 Å². The highest BCUT2D eigenvalue weighted by Crippen LogP contribution is 2.21. The Morgan fingerprint density at radius 2 is 2.24 bits per heavy atom. The number of carbonyl (C=O) groups is 1. The molecular weight excluding hydrogens is 256 g/mol. The number of carboxylic acids is 1. The molecule has 1 aromatic rings. The van der Waals surface area contributed by atoms with E-state index < -0.39 is 22.0 Å². The van der Waals surface area contributed by atoms with E-state index in [0.717, 1.165) is 25.7 Å². The third-order valence-electron chi connectivity index (χ3n) is 2.55. The summed E-state index contributed by atoms with van der Waals surface area (Å²) in [6.45, 7) is 2.11. The van der Waals surface area contributed by atoms with Gasteiger partial charge in [0.25, 0.3) is 0 Å². The van der Waals surface area contributed by atoms with Gasteiger partial charge in [-0.05, 0) is 17.9 Å². The number of carboxylic acid groups (broad SMARTS) is 1. The Morgan fingerprint density at radius 1 is 1.47 bits per heavy atom. The van der Waals surface area contributed by atoms with E-state index in [1.807, 2.05) is 5.38 Å². The van der Waals surface area contributed by atoms with Gasteiger partial charge in [-0.25, -0.2) is 0 Å². The van der Waals surface area contributed by atoms with Crippen molar-refractivity contribution in [2.45, 2.75) is 48.5 Å². The molecule has 5 heteroatoms. The van der Waals surface area contributed by atoms with Gasteiger partial charge < -0.3 is 5.11 Å². The van der Waals surface area contributed by atoms with Crippen molar-refractivity contribution in [2.24, 2.45) is 0 Å². The number of hydrogen-bond acceptors (Lipinski definition) is 3. The lowest BCUT2D eigenvalue weighted by molar-refractivity contribution is -0.136. The Hall–Kier alpha value is -0.680. The number of hydrogen-bond donors (Lipinski definition) is 1. The summed E-state index contributed by atoms with van der Waals surface area (Å²) in [7, 11) is -1.41. The topological polar surface area (TPSA) is 54.4 Å². The Morgan fingerprint density at radius 3 is 2.76 bits per heavy atom. The molecule has 0 fully saturated rings. The van der Waals surface area contributed by atoms with E-state index in [0.29, 0.717) is 10.6 Å². The molecule has 96 valence electrons. The van der Waals surface area contributed by atoms with E-state index in [9.17, 15) is 9.00 Å². The van der Waals surface area contributed by atoms with Crippen LogP contribution < -0.4 is 0 Å². The van der Waals surface area contributed by atoms with Crippen LogP contribution in [0.3, 0.4) is 0 Å². The number of rotatable bonds is 8. The quantitative estimate of drug-likeness (QED) is 0.740. The molecule has 2 unspecified atom stereocenters. The van der Waals surface area contributed by atoms with Gasteiger partial charge in [0.15, 0.2) is 0 Å². The first kappa shape index (κ1) is 14.4. The number of aliphatic carboxylic acids is 1. The molecule has 0 amide bonds. The lowest BCUT2D eigenvalue weighted by atomic mass is 10.1. The second-order valence-electron chi connectivity index (χ2n) is 3.91. The van der Waals surface area contributed by atoms with Crippen molar-refractivity contribution in [1.29, 1.82) is 0 Å². The average molecular weight is 274 g/mol. The van der Waals surface area contributed by atoms with Crippen molar-refractivity contribution in [1.82, 2.24) is 0 Å². The summed E-state index contributed by atoms with van der Waals surface area (Å²) >= 11 is 1.36. The van der Waals surface area contributed by atoms with Crippen LogP contribution in [0.4, 0.5) is 0 Å². The van der Waals surface area contributed by atoms with Gasteiger partial charge >= 0.3 is 5.97 Å². The highest BCUT2D eigenvalue weighted by Gasteiger charge is 2.25. The van der Waals surface area contributed by atoms with Crippen LogP contribution in [0.1, 0.15) is 39.0 Å². The Balaban J connectivity index is 2.54. The summed E-state index contributed by atoms with van der Waals surface area (Å²) in [6.07, 6.45) is 4.58. The van der Waals surface area contributed by atoms with Crippen LogP contribution in [-0.2, 0) is 15.6 Å². The number of thiophene rings is 1. The minimum atomic E-state index is -1.41. The molecular formula is C12H18O3S2. The molecule has 2 atom stereocenters. The van der Waals surface area contributed by atoms with Gasteiger partial charge in [0.05, 0.1) is 15.0 Å². The van der Waals surface area contributed by atoms with E-state index in [1.165, 1.54) is 11.3 Å². The van der Waals surface area contributed by atoms with Gasteiger partial charge in [-0.2, -0.15) is 0 Å². The summed E-state index contributed by atoms with van der Waals surface area (Å²) in [5, 5.41) is 10.2. The third kappa shape index (κ3) is 4.60. The average Bonchev–Trinajstić information content (AvgIpc) is 2.81. The molecule has 17 heavy (non-hydrogen) atoms. The van der Waals surface area contributed by atoms with Crippen molar-refractivity contribution >= 4 is 28.1 Å². The first-order valence-electron chi connectivity index (χ1n) is 5.83. The van der Waals surface area contributed by atoms with E-state index in [4.69, 9.17) is 5.11 Å². The molecule has 0 aliphatic heterocycles. The summed E-state index contributed by atoms with van der Waals surface area (Å²) < 4.78 is 12.7. The molecule has 0 aliphatic carbocycles. The van der Waals surface area contributed by atoms with Crippen LogP contribution in [0.15, 0.2) is 21.7 Å². The van der Waals surface area contributed by atoms with Crippen LogP contribution in [0.5, 0.6) is 0 Å². The van der Waals surface area contributed by atoms with Gasteiger partial charge in [0, 0.05) is 0 Å². The highest BCUT2D eigenvalue weighted by atomic mass is 32.2. The molecule has 0 saturated heterocycles. The zero-order valence-electron chi connectivity index (χ0n) is 9.93. The number of unbranched alkanes of at least 4 members (excludes halogenated alkanes) is 3. The lowest BCUT2D eigenvalue weighted by Crippen LogP contribution is -2.25. The predicted molar refractivity (Wildman–Crippen MR) is 70.9 cm³/mol. The minimum absolute atomic E-state index is 0.500. The molecule has 0 spiro atoms. The zero-order valence-corrected chi connectivity index (χ0v) is 11.6. The van der Waals surface area contributed by atoms with Gasteiger partial charge in [0.1, 0.15) is 5.25 Å². The molecule has 1 heterocycles. The van der Waals surface area contributed by atoms with Crippen molar-refractivity contribution in [2.75, 3.05) is 0 Å². The maximum atomic E-state index is 12.1. The Bertz CT molecular complexity index is 360. The van der Waals surface area contributed by atoms with Crippen LogP contribution >= 0.6 is 11.3 Å². The molecule has 0 radical (unpaired) electrons. The molecule has 1 aromatic heterocycles. The molecule has 0 aromatic carbocycles. The first-order valence-corrected chi connectivity index (χ1v) is 7.93. The van der Waals surface area contributed by atoms with Crippen LogP contribution in [-0.4, -0.2) is 20.5 Å². The second-order valence-corrected chi connectivity index (χ2v) is 6.72. The molecule has 0 saturated carbocycles. The Labute approximate surface area is 108 Å². The van der Waals surface area contributed by atoms with Crippen molar-refractivity contribution in [3.63, 3.8) is 0 Å². The maximum Gasteiger partial charge on any atom is 0.319 e. The summed E-state index contributed by atoms with van der Waals surface area (Å²) in [5.74, 6) is -0.951. The second kappa shape index (κ2) is 7.61. The fraction of sp³-hybridized carbons (Fsp3) is 0.583.